The molecule has 3 rings (SSSR count). The summed E-state index contributed by atoms with van der Waals surface area (Å²) in [4.78, 5) is 37.8. The third-order valence-corrected chi connectivity index (χ3v) is 5.31. The maximum absolute atomic E-state index is 13.1. The van der Waals surface area contributed by atoms with Crippen LogP contribution in [0.25, 0.3) is 0 Å². The topological polar surface area (TPSA) is 87.3 Å². The number of aryl methyl sites for hydroxylation is 1. The highest BCUT2D eigenvalue weighted by Gasteiger charge is 2.24. The molecule has 6 nitrogen and oxygen atoms in total. The zero-order chi connectivity index (χ0) is 24.7. The molecule has 3 amide bonds. The van der Waals surface area contributed by atoms with Crippen LogP contribution in [0.2, 0.25) is 0 Å². The molecule has 176 valence electrons. The van der Waals surface area contributed by atoms with Crippen molar-refractivity contribution in [2.24, 2.45) is 5.92 Å². The summed E-state index contributed by atoms with van der Waals surface area (Å²) in [6.07, 6.45) is 0. The second kappa shape index (κ2) is 11.2. The number of anilines is 1. The molecular formula is C27H28FN3O3. The van der Waals surface area contributed by atoms with E-state index in [2.05, 4.69) is 16.0 Å². The normalized spacial score (nSPS) is 11.6. The van der Waals surface area contributed by atoms with E-state index in [1.54, 1.807) is 30.3 Å². The maximum atomic E-state index is 13.1. The van der Waals surface area contributed by atoms with Crippen molar-refractivity contribution in [1.82, 2.24) is 10.6 Å². The summed E-state index contributed by atoms with van der Waals surface area (Å²) in [6.45, 7) is 5.90. The first kappa shape index (κ1) is 24.6. The van der Waals surface area contributed by atoms with Crippen LogP contribution in [-0.2, 0) is 11.3 Å². The molecule has 0 aliphatic rings. The predicted molar refractivity (Wildman–Crippen MR) is 130 cm³/mol. The summed E-state index contributed by atoms with van der Waals surface area (Å²) in [5.41, 5.74) is 3.20. The molecule has 0 heterocycles. The van der Waals surface area contributed by atoms with Gasteiger partial charge in [-0.3, -0.25) is 14.4 Å². The number of benzene rings is 3. The van der Waals surface area contributed by atoms with Gasteiger partial charge >= 0.3 is 0 Å². The molecule has 1 unspecified atom stereocenters. The van der Waals surface area contributed by atoms with Gasteiger partial charge in [0.2, 0.25) is 5.91 Å². The van der Waals surface area contributed by atoms with E-state index in [0.717, 1.165) is 11.1 Å². The molecule has 0 saturated carbocycles. The Hall–Kier alpha value is -4.00. The SMILES string of the molecule is Cc1ccc(C(=O)NC(C(=O)NCc2cccc(NC(=O)c3ccc(F)cc3)c2)C(C)C)cc1. The van der Waals surface area contributed by atoms with Gasteiger partial charge in [-0.2, -0.15) is 0 Å². The number of hydrogen-bond donors (Lipinski definition) is 3. The molecule has 3 aromatic carbocycles. The predicted octanol–water partition coefficient (Wildman–Crippen LogP) is 4.46. The first-order chi connectivity index (χ1) is 16.2. The van der Waals surface area contributed by atoms with Gasteiger partial charge in [0.15, 0.2) is 0 Å². The van der Waals surface area contributed by atoms with E-state index in [-0.39, 0.29) is 30.2 Å². The highest BCUT2D eigenvalue weighted by Crippen LogP contribution is 2.14. The van der Waals surface area contributed by atoms with E-state index in [9.17, 15) is 18.8 Å². The average Bonchev–Trinajstić information content (AvgIpc) is 2.81. The fraction of sp³-hybridized carbons (Fsp3) is 0.222. The minimum atomic E-state index is -0.699. The van der Waals surface area contributed by atoms with E-state index in [1.165, 1.54) is 24.3 Å². The summed E-state index contributed by atoms with van der Waals surface area (Å²) in [7, 11) is 0. The van der Waals surface area contributed by atoms with Crippen LogP contribution in [0.5, 0.6) is 0 Å². The van der Waals surface area contributed by atoms with Gasteiger partial charge < -0.3 is 16.0 Å². The Morgan fingerprint density at radius 1 is 0.853 bits per heavy atom. The van der Waals surface area contributed by atoms with Crippen LogP contribution >= 0.6 is 0 Å². The summed E-state index contributed by atoms with van der Waals surface area (Å²) in [6, 6.07) is 18.8. The number of hydrogen-bond acceptors (Lipinski definition) is 3. The van der Waals surface area contributed by atoms with Crippen LogP contribution in [0.1, 0.15) is 45.7 Å². The maximum Gasteiger partial charge on any atom is 0.255 e. The van der Waals surface area contributed by atoms with Crippen molar-refractivity contribution in [3.8, 4) is 0 Å². The number of halogens is 1. The van der Waals surface area contributed by atoms with Gasteiger partial charge in [-0.25, -0.2) is 4.39 Å². The standard InChI is InChI=1S/C27H28FN3O3/c1-17(2)24(31-26(33)20-9-7-18(3)8-10-20)27(34)29-16-19-5-4-6-23(15-19)30-25(32)21-11-13-22(28)14-12-21/h4-15,17,24H,16H2,1-3H3,(H,29,34)(H,30,32)(H,31,33). The molecule has 3 N–H and O–H groups in total. The van der Waals surface area contributed by atoms with Crippen molar-refractivity contribution >= 4 is 23.4 Å². The van der Waals surface area contributed by atoms with Crippen molar-refractivity contribution < 1.29 is 18.8 Å². The highest BCUT2D eigenvalue weighted by atomic mass is 19.1. The van der Waals surface area contributed by atoms with Gasteiger partial charge in [0, 0.05) is 23.4 Å². The molecular weight excluding hydrogens is 433 g/mol. The zero-order valence-electron chi connectivity index (χ0n) is 19.4. The molecule has 0 bridgehead atoms. The molecule has 0 spiro atoms. The number of amides is 3. The summed E-state index contributed by atoms with van der Waals surface area (Å²) < 4.78 is 13.1. The largest absolute Gasteiger partial charge is 0.350 e. The van der Waals surface area contributed by atoms with Gasteiger partial charge in [0.25, 0.3) is 11.8 Å². The van der Waals surface area contributed by atoms with Crippen molar-refractivity contribution in [1.29, 1.82) is 0 Å². The Kier molecular flexibility index (Phi) is 8.14. The number of carbonyl (C=O) groups is 3. The van der Waals surface area contributed by atoms with E-state index in [1.807, 2.05) is 39.0 Å². The van der Waals surface area contributed by atoms with Crippen LogP contribution < -0.4 is 16.0 Å². The zero-order valence-corrected chi connectivity index (χ0v) is 19.4. The lowest BCUT2D eigenvalue weighted by molar-refractivity contribution is -0.124. The lowest BCUT2D eigenvalue weighted by atomic mass is 10.0. The average molecular weight is 462 g/mol. The van der Waals surface area contributed by atoms with E-state index >= 15 is 0 Å². The highest BCUT2D eigenvalue weighted by molar-refractivity contribution is 6.04. The van der Waals surface area contributed by atoms with Gasteiger partial charge in [-0.1, -0.05) is 43.7 Å². The summed E-state index contributed by atoms with van der Waals surface area (Å²) in [5.74, 6) is -1.49. The number of nitrogens with one attached hydrogen (secondary N) is 3. The number of carbonyl (C=O) groups excluding carboxylic acids is 3. The Balaban J connectivity index is 1.60. The molecule has 0 saturated heterocycles. The monoisotopic (exact) mass is 461 g/mol. The van der Waals surface area contributed by atoms with Crippen LogP contribution in [0, 0.1) is 18.7 Å². The van der Waals surface area contributed by atoms with Gasteiger partial charge in [-0.05, 0) is 66.9 Å². The summed E-state index contributed by atoms with van der Waals surface area (Å²) >= 11 is 0. The molecule has 0 fully saturated rings. The Morgan fingerprint density at radius 2 is 1.47 bits per heavy atom. The van der Waals surface area contributed by atoms with Crippen LogP contribution in [0.3, 0.4) is 0 Å². The Morgan fingerprint density at radius 3 is 2.12 bits per heavy atom. The van der Waals surface area contributed by atoms with Gasteiger partial charge in [0.1, 0.15) is 11.9 Å². The van der Waals surface area contributed by atoms with Crippen molar-refractivity contribution in [3.05, 3.63) is 101 Å². The summed E-state index contributed by atoms with van der Waals surface area (Å²) in [5, 5.41) is 8.43. The van der Waals surface area contributed by atoms with Gasteiger partial charge in [-0.15, -0.1) is 0 Å². The molecule has 3 aromatic rings. The fourth-order valence-corrected chi connectivity index (χ4v) is 3.33. The van der Waals surface area contributed by atoms with Crippen LogP contribution in [0.4, 0.5) is 10.1 Å². The van der Waals surface area contributed by atoms with Crippen molar-refractivity contribution in [2.45, 2.75) is 33.4 Å². The molecule has 1 atom stereocenters. The number of rotatable bonds is 8. The van der Waals surface area contributed by atoms with E-state index in [4.69, 9.17) is 0 Å². The van der Waals surface area contributed by atoms with E-state index < -0.39 is 11.9 Å². The molecule has 0 aliphatic heterocycles. The van der Waals surface area contributed by atoms with Crippen LogP contribution in [0.15, 0.2) is 72.8 Å². The Labute approximate surface area is 198 Å². The minimum absolute atomic E-state index is 0.115. The molecule has 0 aliphatic carbocycles. The second-order valence-electron chi connectivity index (χ2n) is 8.44. The fourth-order valence-electron chi connectivity index (χ4n) is 3.33. The Bertz CT molecular complexity index is 1160. The minimum Gasteiger partial charge on any atom is -0.350 e. The lowest BCUT2D eigenvalue weighted by Gasteiger charge is -2.22. The second-order valence-corrected chi connectivity index (χ2v) is 8.44. The first-order valence-electron chi connectivity index (χ1n) is 11.0. The lowest BCUT2D eigenvalue weighted by Crippen LogP contribution is -2.49. The molecule has 34 heavy (non-hydrogen) atoms. The quantitative estimate of drug-likeness (QED) is 0.463. The van der Waals surface area contributed by atoms with Crippen LogP contribution in [-0.4, -0.2) is 23.8 Å². The van der Waals surface area contributed by atoms with Gasteiger partial charge in [0.05, 0.1) is 0 Å². The first-order valence-corrected chi connectivity index (χ1v) is 11.0. The van der Waals surface area contributed by atoms with E-state index in [0.29, 0.717) is 16.8 Å². The van der Waals surface area contributed by atoms with Crippen molar-refractivity contribution in [2.75, 3.05) is 5.32 Å². The van der Waals surface area contributed by atoms with Crippen molar-refractivity contribution in [3.63, 3.8) is 0 Å². The third-order valence-electron chi connectivity index (χ3n) is 5.31. The molecule has 7 heteroatoms. The third kappa shape index (κ3) is 6.75. The molecule has 0 aromatic heterocycles. The molecule has 0 radical (unpaired) electrons. The smallest absolute Gasteiger partial charge is 0.255 e.